The van der Waals surface area contributed by atoms with Gasteiger partial charge in [0.2, 0.25) is 0 Å². The first kappa shape index (κ1) is 12.2. The van der Waals surface area contributed by atoms with E-state index in [4.69, 9.17) is 0 Å². The Morgan fingerprint density at radius 1 is 1.00 bits per heavy atom. The van der Waals surface area contributed by atoms with E-state index in [0.717, 1.165) is 11.1 Å². The van der Waals surface area contributed by atoms with Gasteiger partial charge in [0.1, 0.15) is 5.75 Å². The normalized spacial score (nSPS) is 10.1. The Morgan fingerprint density at radius 2 is 1.61 bits per heavy atom. The maximum atomic E-state index is 11.9. The summed E-state index contributed by atoms with van der Waals surface area (Å²) < 4.78 is 0. The molecule has 92 valence electrons. The molecule has 0 atom stereocenters. The summed E-state index contributed by atoms with van der Waals surface area (Å²) in [5.41, 5.74) is 3.04. The van der Waals surface area contributed by atoms with Gasteiger partial charge in [-0.15, -0.1) is 0 Å². The van der Waals surface area contributed by atoms with E-state index in [1.54, 1.807) is 24.3 Å². The zero-order chi connectivity index (χ0) is 13.1. The lowest BCUT2D eigenvalue weighted by atomic mass is 10.1. The third-order valence-electron chi connectivity index (χ3n) is 2.72. The van der Waals surface area contributed by atoms with E-state index in [1.165, 1.54) is 0 Å². The predicted molar refractivity (Wildman–Crippen MR) is 72.0 cm³/mol. The average Bonchev–Trinajstić information content (AvgIpc) is 2.33. The zero-order valence-corrected chi connectivity index (χ0v) is 10.4. The fourth-order valence-electron chi connectivity index (χ4n) is 1.65. The number of rotatable bonds is 2. The number of carbonyl (C=O) groups excluding carboxylic acids is 1. The number of aryl methyl sites for hydroxylation is 2. The van der Waals surface area contributed by atoms with Crippen LogP contribution in [-0.4, -0.2) is 11.0 Å². The first-order valence-electron chi connectivity index (χ1n) is 5.74. The van der Waals surface area contributed by atoms with Gasteiger partial charge in [-0.3, -0.25) is 4.79 Å². The molecule has 0 unspecified atom stereocenters. The van der Waals surface area contributed by atoms with Crippen molar-refractivity contribution in [2.75, 3.05) is 5.32 Å². The zero-order valence-electron chi connectivity index (χ0n) is 10.4. The molecule has 0 heterocycles. The number of hydrogen-bond donors (Lipinski definition) is 2. The van der Waals surface area contributed by atoms with Crippen molar-refractivity contribution in [3.8, 4) is 5.75 Å². The molecule has 3 heteroatoms. The van der Waals surface area contributed by atoms with Gasteiger partial charge in [-0.25, -0.2) is 0 Å². The van der Waals surface area contributed by atoms with Crippen LogP contribution in [0.15, 0.2) is 42.5 Å². The summed E-state index contributed by atoms with van der Waals surface area (Å²) in [5, 5.41) is 12.4. The highest BCUT2D eigenvalue weighted by Crippen LogP contribution is 2.24. The van der Waals surface area contributed by atoms with Crippen LogP contribution >= 0.6 is 0 Å². The van der Waals surface area contributed by atoms with Crippen LogP contribution in [-0.2, 0) is 0 Å². The fourth-order valence-corrected chi connectivity index (χ4v) is 1.65. The molecule has 0 radical (unpaired) electrons. The van der Waals surface area contributed by atoms with E-state index in [1.807, 2.05) is 32.0 Å². The topological polar surface area (TPSA) is 49.3 Å². The van der Waals surface area contributed by atoms with Crippen LogP contribution < -0.4 is 5.32 Å². The van der Waals surface area contributed by atoms with Crippen LogP contribution in [0.2, 0.25) is 0 Å². The molecule has 0 aliphatic rings. The molecule has 0 aliphatic carbocycles. The van der Waals surface area contributed by atoms with Crippen molar-refractivity contribution in [2.24, 2.45) is 0 Å². The summed E-state index contributed by atoms with van der Waals surface area (Å²) in [5.74, 6) is -0.149. The number of hydrogen-bond acceptors (Lipinski definition) is 2. The molecule has 0 bridgehead atoms. The Hall–Kier alpha value is -2.29. The standard InChI is InChI=1S/C15H15NO2/c1-10-3-6-12(7-4-10)15(18)16-13-8-5-11(2)9-14(13)17/h3-9,17H,1-2H3,(H,16,18). The van der Waals surface area contributed by atoms with Gasteiger partial charge in [-0.05, 0) is 43.7 Å². The summed E-state index contributed by atoms with van der Waals surface area (Å²) >= 11 is 0. The Kier molecular flexibility index (Phi) is 3.33. The Balaban J connectivity index is 2.18. The molecule has 0 saturated heterocycles. The highest BCUT2D eigenvalue weighted by atomic mass is 16.3. The SMILES string of the molecule is Cc1ccc(C(=O)Nc2ccc(C)cc2O)cc1. The van der Waals surface area contributed by atoms with Crippen LogP contribution in [0.4, 0.5) is 5.69 Å². The highest BCUT2D eigenvalue weighted by molar-refractivity contribution is 6.05. The largest absolute Gasteiger partial charge is 0.506 e. The minimum absolute atomic E-state index is 0.0791. The van der Waals surface area contributed by atoms with Crippen molar-refractivity contribution in [1.29, 1.82) is 0 Å². The second-order valence-corrected chi connectivity index (χ2v) is 4.34. The minimum atomic E-state index is -0.228. The maximum absolute atomic E-state index is 11.9. The van der Waals surface area contributed by atoms with E-state index >= 15 is 0 Å². The van der Waals surface area contributed by atoms with E-state index < -0.39 is 0 Å². The molecule has 2 aromatic rings. The summed E-state index contributed by atoms with van der Waals surface area (Å²) in [6, 6.07) is 12.4. The predicted octanol–water partition coefficient (Wildman–Crippen LogP) is 3.26. The molecule has 1 amide bonds. The second-order valence-electron chi connectivity index (χ2n) is 4.34. The molecule has 2 N–H and O–H groups in total. The number of phenols is 1. The van der Waals surface area contributed by atoms with E-state index in [0.29, 0.717) is 11.3 Å². The molecule has 2 rings (SSSR count). The third kappa shape index (κ3) is 2.69. The van der Waals surface area contributed by atoms with Crippen LogP contribution in [0.25, 0.3) is 0 Å². The molecule has 3 nitrogen and oxygen atoms in total. The lowest BCUT2D eigenvalue weighted by Gasteiger charge is -2.08. The molecular weight excluding hydrogens is 226 g/mol. The minimum Gasteiger partial charge on any atom is -0.506 e. The molecule has 0 aromatic heterocycles. The number of nitrogens with one attached hydrogen (secondary N) is 1. The van der Waals surface area contributed by atoms with Gasteiger partial charge in [0.25, 0.3) is 5.91 Å². The number of phenolic OH excluding ortho intramolecular Hbond substituents is 1. The van der Waals surface area contributed by atoms with Crippen molar-refractivity contribution in [1.82, 2.24) is 0 Å². The monoisotopic (exact) mass is 241 g/mol. The van der Waals surface area contributed by atoms with Crippen LogP contribution in [0.5, 0.6) is 5.75 Å². The molecular formula is C15H15NO2. The Morgan fingerprint density at radius 3 is 2.22 bits per heavy atom. The van der Waals surface area contributed by atoms with E-state index in [9.17, 15) is 9.90 Å². The summed E-state index contributed by atoms with van der Waals surface area (Å²) in [6.07, 6.45) is 0. The van der Waals surface area contributed by atoms with Gasteiger partial charge >= 0.3 is 0 Å². The second kappa shape index (κ2) is 4.92. The molecule has 0 aliphatic heterocycles. The van der Waals surface area contributed by atoms with Crippen LogP contribution in [0, 0.1) is 13.8 Å². The van der Waals surface area contributed by atoms with Gasteiger partial charge in [0.05, 0.1) is 5.69 Å². The van der Waals surface area contributed by atoms with Crippen LogP contribution in [0.3, 0.4) is 0 Å². The average molecular weight is 241 g/mol. The molecule has 0 saturated carbocycles. The number of amides is 1. The molecule has 2 aromatic carbocycles. The van der Waals surface area contributed by atoms with Crippen molar-refractivity contribution in [3.63, 3.8) is 0 Å². The summed E-state index contributed by atoms with van der Waals surface area (Å²) in [6.45, 7) is 3.85. The highest BCUT2D eigenvalue weighted by Gasteiger charge is 2.08. The number of benzene rings is 2. The lowest BCUT2D eigenvalue weighted by Crippen LogP contribution is -2.11. The van der Waals surface area contributed by atoms with Gasteiger partial charge in [0, 0.05) is 5.56 Å². The first-order chi connectivity index (χ1) is 8.56. The summed E-state index contributed by atoms with van der Waals surface area (Å²) in [7, 11) is 0. The summed E-state index contributed by atoms with van der Waals surface area (Å²) in [4.78, 5) is 11.9. The third-order valence-corrected chi connectivity index (χ3v) is 2.72. The number of carbonyl (C=O) groups is 1. The first-order valence-corrected chi connectivity index (χ1v) is 5.74. The van der Waals surface area contributed by atoms with E-state index in [2.05, 4.69) is 5.32 Å². The lowest BCUT2D eigenvalue weighted by molar-refractivity contribution is 0.102. The van der Waals surface area contributed by atoms with Crippen molar-refractivity contribution in [3.05, 3.63) is 59.2 Å². The fraction of sp³-hybridized carbons (Fsp3) is 0.133. The van der Waals surface area contributed by atoms with Gasteiger partial charge in [-0.2, -0.15) is 0 Å². The quantitative estimate of drug-likeness (QED) is 0.793. The van der Waals surface area contributed by atoms with Crippen LogP contribution in [0.1, 0.15) is 21.5 Å². The Labute approximate surface area is 106 Å². The number of anilines is 1. The van der Waals surface area contributed by atoms with Gasteiger partial charge in [-0.1, -0.05) is 23.8 Å². The number of aromatic hydroxyl groups is 1. The van der Waals surface area contributed by atoms with Crippen molar-refractivity contribution < 1.29 is 9.90 Å². The van der Waals surface area contributed by atoms with E-state index in [-0.39, 0.29) is 11.7 Å². The maximum Gasteiger partial charge on any atom is 0.255 e. The van der Waals surface area contributed by atoms with Crippen molar-refractivity contribution in [2.45, 2.75) is 13.8 Å². The van der Waals surface area contributed by atoms with Gasteiger partial charge in [0.15, 0.2) is 0 Å². The smallest absolute Gasteiger partial charge is 0.255 e. The van der Waals surface area contributed by atoms with Crippen molar-refractivity contribution >= 4 is 11.6 Å². The molecule has 0 fully saturated rings. The molecule has 18 heavy (non-hydrogen) atoms. The Bertz CT molecular complexity index is 574. The van der Waals surface area contributed by atoms with Gasteiger partial charge < -0.3 is 10.4 Å². The molecule has 0 spiro atoms.